The molecule has 1 aromatic heterocycles. The molecule has 1 aliphatic rings. The number of morpholine rings is 1. The van der Waals surface area contributed by atoms with Gasteiger partial charge in [0.05, 0.1) is 24.0 Å². The van der Waals surface area contributed by atoms with Crippen LogP contribution in [0.15, 0.2) is 53.3 Å². The number of amides is 2. The van der Waals surface area contributed by atoms with Crippen LogP contribution in [0.2, 0.25) is 0 Å². The predicted octanol–water partition coefficient (Wildman–Crippen LogP) is 2.95. The van der Waals surface area contributed by atoms with Crippen LogP contribution in [0, 0.1) is 0 Å². The van der Waals surface area contributed by atoms with Crippen LogP contribution in [-0.4, -0.2) is 53.5 Å². The second-order valence-corrected chi connectivity index (χ2v) is 7.03. The second-order valence-electron chi connectivity index (χ2n) is 7.03. The maximum absolute atomic E-state index is 12.8. The molecule has 1 fully saturated rings. The van der Waals surface area contributed by atoms with E-state index in [1.165, 1.54) is 12.5 Å². The molecule has 0 bridgehead atoms. The molecule has 0 N–H and O–H groups in total. The largest absolute Gasteiger partial charge is 0.472 e. The topological polar surface area (TPSA) is 63.0 Å². The zero-order chi connectivity index (χ0) is 19.2. The molecule has 6 heteroatoms. The number of ether oxygens (including phenoxy) is 1. The molecule has 2 atom stereocenters. The first-order valence-corrected chi connectivity index (χ1v) is 9.31. The van der Waals surface area contributed by atoms with Crippen molar-refractivity contribution in [2.75, 3.05) is 19.6 Å². The zero-order valence-electron chi connectivity index (χ0n) is 15.8. The highest BCUT2D eigenvalue weighted by atomic mass is 16.5. The van der Waals surface area contributed by atoms with Gasteiger partial charge in [-0.15, -0.1) is 0 Å². The number of rotatable bonds is 6. The number of furan rings is 1. The van der Waals surface area contributed by atoms with E-state index in [9.17, 15) is 9.59 Å². The summed E-state index contributed by atoms with van der Waals surface area (Å²) in [5.41, 5.74) is 1.52. The van der Waals surface area contributed by atoms with Crippen molar-refractivity contribution >= 4 is 11.8 Å². The van der Waals surface area contributed by atoms with Crippen molar-refractivity contribution in [3.05, 3.63) is 60.1 Å². The van der Waals surface area contributed by atoms with Gasteiger partial charge in [0, 0.05) is 32.6 Å². The third-order valence-corrected chi connectivity index (χ3v) is 4.64. The Balaban J connectivity index is 1.65. The molecule has 2 aromatic rings. The van der Waals surface area contributed by atoms with Crippen molar-refractivity contribution in [1.29, 1.82) is 0 Å². The zero-order valence-corrected chi connectivity index (χ0v) is 15.8. The Hall–Kier alpha value is -2.60. The Morgan fingerprint density at radius 3 is 2.44 bits per heavy atom. The van der Waals surface area contributed by atoms with Gasteiger partial charge >= 0.3 is 0 Å². The van der Waals surface area contributed by atoms with E-state index in [2.05, 4.69) is 0 Å². The second kappa shape index (κ2) is 8.86. The molecule has 1 aromatic carbocycles. The van der Waals surface area contributed by atoms with Crippen LogP contribution in [0.3, 0.4) is 0 Å². The molecular weight excluding hydrogens is 344 g/mol. The molecule has 3 rings (SSSR count). The molecule has 0 spiro atoms. The fraction of sp³-hybridized carbons (Fsp3) is 0.429. The summed E-state index contributed by atoms with van der Waals surface area (Å²) in [5, 5.41) is 0. The van der Waals surface area contributed by atoms with Gasteiger partial charge in [0.25, 0.3) is 5.91 Å². The van der Waals surface area contributed by atoms with Crippen molar-refractivity contribution in [3.8, 4) is 0 Å². The third-order valence-electron chi connectivity index (χ3n) is 4.64. The Labute approximate surface area is 159 Å². The van der Waals surface area contributed by atoms with Crippen LogP contribution < -0.4 is 0 Å². The van der Waals surface area contributed by atoms with Gasteiger partial charge in [-0.2, -0.15) is 0 Å². The van der Waals surface area contributed by atoms with Gasteiger partial charge in [-0.05, 0) is 25.5 Å². The summed E-state index contributed by atoms with van der Waals surface area (Å²) in [7, 11) is 0. The van der Waals surface area contributed by atoms with Gasteiger partial charge in [0.1, 0.15) is 6.26 Å². The first-order valence-electron chi connectivity index (χ1n) is 9.31. The number of carbonyl (C=O) groups is 2. The molecule has 2 heterocycles. The lowest BCUT2D eigenvalue weighted by Gasteiger charge is -2.35. The summed E-state index contributed by atoms with van der Waals surface area (Å²) in [6.07, 6.45) is 3.27. The summed E-state index contributed by atoms with van der Waals surface area (Å²) in [5.74, 6) is -0.0841. The highest BCUT2D eigenvalue weighted by molar-refractivity contribution is 5.94. The molecule has 0 saturated carbocycles. The van der Waals surface area contributed by atoms with E-state index in [0.717, 1.165) is 5.56 Å². The highest BCUT2D eigenvalue weighted by Gasteiger charge is 2.26. The first kappa shape index (κ1) is 19.2. The Morgan fingerprint density at radius 1 is 1.11 bits per heavy atom. The van der Waals surface area contributed by atoms with Gasteiger partial charge in [-0.3, -0.25) is 9.59 Å². The number of hydrogen-bond donors (Lipinski definition) is 0. The van der Waals surface area contributed by atoms with Crippen LogP contribution in [0.25, 0.3) is 0 Å². The Bertz CT molecular complexity index is 735. The van der Waals surface area contributed by atoms with Crippen LogP contribution in [-0.2, 0) is 16.1 Å². The van der Waals surface area contributed by atoms with Crippen molar-refractivity contribution in [2.24, 2.45) is 0 Å². The molecule has 2 unspecified atom stereocenters. The molecule has 2 amide bonds. The van der Waals surface area contributed by atoms with Gasteiger partial charge < -0.3 is 19.0 Å². The fourth-order valence-electron chi connectivity index (χ4n) is 3.40. The van der Waals surface area contributed by atoms with E-state index < -0.39 is 0 Å². The molecule has 27 heavy (non-hydrogen) atoms. The molecule has 6 nitrogen and oxygen atoms in total. The molecule has 1 aliphatic heterocycles. The van der Waals surface area contributed by atoms with Crippen LogP contribution in [0.4, 0.5) is 0 Å². The minimum atomic E-state index is -0.135. The highest BCUT2D eigenvalue weighted by Crippen LogP contribution is 2.14. The first-order chi connectivity index (χ1) is 13.0. The van der Waals surface area contributed by atoms with E-state index in [-0.39, 0.29) is 30.4 Å². The average Bonchev–Trinajstić information content (AvgIpc) is 3.19. The summed E-state index contributed by atoms with van der Waals surface area (Å²) >= 11 is 0. The van der Waals surface area contributed by atoms with Gasteiger partial charge in [-0.25, -0.2) is 0 Å². The smallest absolute Gasteiger partial charge is 0.257 e. The van der Waals surface area contributed by atoms with Crippen molar-refractivity contribution in [1.82, 2.24) is 9.80 Å². The molecule has 1 saturated heterocycles. The lowest BCUT2D eigenvalue weighted by Crippen LogP contribution is -2.48. The molecule has 0 aliphatic carbocycles. The van der Waals surface area contributed by atoms with Crippen LogP contribution >= 0.6 is 0 Å². The molecule has 144 valence electrons. The molecular formula is C21H26N2O4. The summed E-state index contributed by atoms with van der Waals surface area (Å²) < 4.78 is 10.7. The number of benzene rings is 1. The predicted molar refractivity (Wildman–Crippen MR) is 101 cm³/mol. The summed E-state index contributed by atoms with van der Waals surface area (Å²) in [4.78, 5) is 29.0. The summed E-state index contributed by atoms with van der Waals surface area (Å²) in [6.45, 7) is 5.95. The van der Waals surface area contributed by atoms with Crippen LogP contribution in [0.1, 0.15) is 36.2 Å². The lowest BCUT2D eigenvalue weighted by molar-refractivity contribution is -0.143. The normalized spacial score (nSPS) is 19.7. The van der Waals surface area contributed by atoms with Crippen LogP contribution in [0.5, 0.6) is 0 Å². The quantitative estimate of drug-likeness (QED) is 0.784. The molecule has 0 radical (unpaired) electrons. The average molecular weight is 370 g/mol. The van der Waals surface area contributed by atoms with E-state index in [1.54, 1.807) is 11.0 Å². The number of hydrogen-bond acceptors (Lipinski definition) is 4. The van der Waals surface area contributed by atoms with Gasteiger partial charge in [0.15, 0.2) is 0 Å². The standard InChI is InChI=1S/C21H26N2O4/c1-16-12-23(13-17(2)27-16)20(24)8-10-22(14-18-6-4-3-5-7-18)21(25)19-9-11-26-15-19/h3-7,9,11,15-17H,8,10,12-14H2,1-2H3. The van der Waals surface area contributed by atoms with E-state index in [0.29, 0.717) is 31.7 Å². The minimum Gasteiger partial charge on any atom is -0.472 e. The maximum Gasteiger partial charge on any atom is 0.257 e. The van der Waals surface area contributed by atoms with Crippen molar-refractivity contribution in [2.45, 2.75) is 39.0 Å². The Morgan fingerprint density at radius 2 is 1.81 bits per heavy atom. The number of nitrogens with zero attached hydrogens (tertiary/aromatic N) is 2. The maximum atomic E-state index is 12.8. The monoisotopic (exact) mass is 370 g/mol. The van der Waals surface area contributed by atoms with Gasteiger partial charge in [0.2, 0.25) is 5.91 Å². The van der Waals surface area contributed by atoms with E-state index in [4.69, 9.17) is 9.15 Å². The van der Waals surface area contributed by atoms with E-state index in [1.807, 2.05) is 49.1 Å². The van der Waals surface area contributed by atoms with Crippen molar-refractivity contribution in [3.63, 3.8) is 0 Å². The third kappa shape index (κ3) is 5.20. The summed E-state index contributed by atoms with van der Waals surface area (Å²) in [6, 6.07) is 11.4. The lowest BCUT2D eigenvalue weighted by atomic mass is 10.1. The minimum absolute atomic E-state index is 0.0330. The fourth-order valence-corrected chi connectivity index (χ4v) is 3.40. The van der Waals surface area contributed by atoms with E-state index >= 15 is 0 Å². The number of carbonyl (C=O) groups excluding carboxylic acids is 2. The Kier molecular flexibility index (Phi) is 6.29. The van der Waals surface area contributed by atoms with Gasteiger partial charge in [-0.1, -0.05) is 30.3 Å². The van der Waals surface area contributed by atoms with Crippen molar-refractivity contribution < 1.29 is 18.7 Å². The SMILES string of the molecule is CC1CN(C(=O)CCN(Cc2ccccc2)C(=O)c2ccoc2)CC(C)O1.